The van der Waals surface area contributed by atoms with Gasteiger partial charge in [-0.05, 0) is 18.1 Å². The van der Waals surface area contributed by atoms with E-state index in [1.807, 2.05) is 31.2 Å². The van der Waals surface area contributed by atoms with E-state index in [9.17, 15) is 10.2 Å². The SMILES string of the molecule is Cc1ccccc1CNC[C@H]1O[C@H](CO)[C@@H](O)[C@@H]1O. The lowest BCUT2D eigenvalue weighted by molar-refractivity contribution is -0.0213. The minimum atomic E-state index is -1.02. The van der Waals surface area contributed by atoms with Crippen LogP contribution in [0.5, 0.6) is 0 Å². The highest BCUT2D eigenvalue weighted by atomic mass is 16.6. The second-order valence-electron chi connectivity index (χ2n) is 4.93. The Labute approximate surface area is 112 Å². The maximum atomic E-state index is 9.78. The number of hydrogen-bond acceptors (Lipinski definition) is 5. The van der Waals surface area contributed by atoms with Gasteiger partial charge in [-0.25, -0.2) is 0 Å². The molecule has 0 amide bonds. The number of hydrogen-bond donors (Lipinski definition) is 4. The molecule has 19 heavy (non-hydrogen) atoms. The van der Waals surface area contributed by atoms with Crippen molar-refractivity contribution in [2.24, 2.45) is 0 Å². The summed E-state index contributed by atoms with van der Waals surface area (Å²) >= 11 is 0. The fourth-order valence-corrected chi connectivity index (χ4v) is 2.30. The zero-order valence-electron chi connectivity index (χ0n) is 11.0. The highest BCUT2D eigenvalue weighted by Crippen LogP contribution is 2.20. The quantitative estimate of drug-likeness (QED) is 0.582. The van der Waals surface area contributed by atoms with E-state index in [-0.39, 0.29) is 6.61 Å². The van der Waals surface area contributed by atoms with Crippen LogP contribution in [0, 0.1) is 6.92 Å². The summed E-state index contributed by atoms with van der Waals surface area (Å²) in [6.45, 7) is 2.87. The standard InChI is InChI=1S/C14H21NO4/c1-9-4-2-3-5-10(9)6-15-7-11-13(17)14(18)12(8-16)19-11/h2-5,11-18H,6-8H2,1H3/t11-,12-,13-,14-/m1/s1. The number of ether oxygens (including phenoxy) is 1. The van der Waals surface area contributed by atoms with Gasteiger partial charge in [-0.2, -0.15) is 0 Å². The van der Waals surface area contributed by atoms with Crippen molar-refractivity contribution >= 4 is 0 Å². The van der Waals surface area contributed by atoms with E-state index in [1.165, 1.54) is 11.1 Å². The van der Waals surface area contributed by atoms with Crippen LogP contribution < -0.4 is 5.32 Å². The molecule has 0 spiro atoms. The summed E-state index contributed by atoms with van der Waals surface area (Å²) in [7, 11) is 0. The van der Waals surface area contributed by atoms with Crippen molar-refractivity contribution in [1.29, 1.82) is 0 Å². The highest BCUT2D eigenvalue weighted by molar-refractivity contribution is 5.25. The lowest BCUT2D eigenvalue weighted by atomic mass is 10.1. The molecule has 1 aromatic rings. The van der Waals surface area contributed by atoms with E-state index >= 15 is 0 Å². The molecule has 0 aliphatic carbocycles. The van der Waals surface area contributed by atoms with Crippen LogP contribution in [0.1, 0.15) is 11.1 Å². The molecule has 1 aliphatic heterocycles. The topological polar surface area (TPSA) is 82.0 Å². The van der Waals surface area contributed by atoms with Gasteiger partial charge in [0.15, 0.2) is 0 Å². The van der Waals surface area contributed by atoms with E-state index in [2.05, 4.69) is 5.32 Å². The fraction of sp³-hybridized carbons (Fsp3) is 0.571. The number of aryl methyl sites for hydroxylation is 1. The first kappa shape index (κ1) is 14.4. The maximum Gasteiger partial charge on any atom is 0.111 e. The van der Waals surface area contributed by atoms with Gasteiger partial charge in [0.25, 0.3) is 0 Å². The monoisotopic (exact) mass is 267 g/mol. The van der Waals surface area contributed by atoms with E-state index in [0.29, 0.717) is 13.1 Å². The summed E-state index contributed by atoms with van der Waals surface area (Å²) in [5.74, 6) is 0. The first-order valence-corrected chi connectivity index (χ1v) is 6.51. The Bertz CT molecular complexity index is 412. The molecule has 106 valence electrons. The van der Waals surface area contributed by atoms with E-state index in [1.54, 1.807) is 0 Å². The smallest absolute Gasteiger partial charge is 0.111 e. The Kier molecular flexibility index (Phi) is 4.90. The van der Waals surface area contributed by atoms with Crippen LogP contribution >= 0.6 is 0 Å². The highest BCUT2D eigenvalue weighted by Gasteiger charge is 2.41. The Balaban J connectivity index is 1.82. The zero-order valence-corrected chi connectivity index (χ0v) is 11.0. The molecular weight excluding hydrogens is 246 g/mol. The first-order valence-electron chi connectivity index (χ1n) is 6.51. The lowest BCUT2D eigenvalue weighted by Gasteiger charge is -2.16. The molecule has 4 atom stereocenters. The number of aliphatic hydroxyl groups excluding tert-OH is 3. The average Bonchev–Trinajstić information content (AvgIpc) is 2.69. The van der Waals surface area contributed by atoms with Gasteiger partial charge in [-0.15, -0.1) is 0 Å². The molecule has 4 N–H and O–H groups in total. The molecule has 5 nitrogen and oxygen atoms in total. The van der Waals surface area contributed by atoms with Gasteiger partial charge in [0.1, 0.15) is 18.3 Å². The van der Waals surface area contributed by atoms with Gasteiger partial charge in [-0.1, -0.05) is 24.3 Å². The summed E-state index contributed by atoms with van der Waals surface area (Å²) in [4.78, 5) is 0. The Morgan fingerprint density at radius 2 is 1.84 bits per heavy atom. The van der Waals surface area contributed by atoms with Crippen LogP contribution in [0.4, 0.5) is 0 Å². The van der Waals surface area contributed by atoms with Gasteiger partial charge < -0.3 is 25.4 Å². The average molecular weight is 267 g/mol. The molecule has 5 heteroatoms. The molecule has 1 aromatic carbocycles. The molecule has 0 saturated carbocycles. The molecule has 0 bridgehead atoms. The second-order valence-corrected chi connectivity index (χ2v) is 4.93. The number of rotatable bonds is 5. The first-order chi connectivity index (χ1) is 9.13. The molecular formula is C14H21NO4. The van der Waals surface area contributed by atoms with Gasteiger partial charge >= 0.3 is 0 Å². The predicted molar refractivity (Wildman–Crippen MR) is 70.6 cm³/mol. The summed E-state index contributed by atoms with van der Waals surface area (Å²) in [5, 5.41) is 31.6. The van der Waals surface area contributed by atoms with Crippen molar-refractivity contribution in [3.8, 4) is 0 Å². The number of aliphatic hydroxyl groups is 3. The van der Waals surface area contributed by atoms with Gasteiger partial charge in [-0.3, -0.25) is 0 Å². The van der Waals surface area contributed by atoms with Crippen LogP contribution in [0.25, 0.3) is 0 Å². The van der Waals surface area contributed by atoms with Gasteiger partial charge in [0.05, 0.1) is 12.7 Å². The minimum Gasteiger partial charge on any atom is -0.394 e. The Morgan fingerprint density at radius 1 is 1.16 bits per heavy atom. The van der Waals surface area contributed by atoms with E-state index < -0.39 is 24.4 Å². The summed E-state index contributed by atoms with van der Waals surface area (Å²) < 4.78 is 5.39. The normalized spacial score (nSPS) is 30.7. The summed E-state index contributed by atoms with van der Waals surface area (Å²) in [6, 6.07) is 8.06. The van der Waals surface area contributed by atoms with Gasteiger partial charge in [0.2, 0.25) is 0 Å². The molecule has 1 heterocycles. The van der Waals surface area contributed by atoms with E-state index in [0.717, 1.165) is 0 Å². The zero-order chi connectivity index (χ0) is 13.8. The lowest BCUT2D eigenvalue weighted by Crippen LogP contribution is -2.38. The van der Waals surface area contributed by atoms with E-state index in [4.69, 9.17) is 9.84 Å². The molecule has 0 aromatic heterocycles. The Hall–Kier alpha value is -0.980. The largest absolute Gasteiger partial charge is 0.394 e. The van der Waals surface area contributed by atoms with Crippen LogP contribution in [0.2, 0.25) is 0 Å². The third-order valence-electron chi connectivity index (χ3n) is 3.56. The number of benzene rings is 1. The molecule has 1 fully saturated rings. The van der Waals surface area contributed by atoms with Crippen LogP contribution in [0.3, 0.4) is 0 Å². The van der Waals surface area contributed by atoms with Crippen molar-refractivity contribution in [2.45, 2.75) is 37.9 Å². The molecule has 1 aliphatic rings. The predicted octanol–water partition coefficient (Wildman–Crippen LogP) is -0.434. The molecule has 0 radical (unpaired) electrons. The fourth-order valence-electron chi connectivity index (χ4n) is 2.30. The second kappa shape index (κ2) is 6.45. The van der Waals surface area contributed by atoms with Gasteiger partial charge in [0, 0.05) is 13.1 Å². The van der Waals surface area contributed by atoms with Crippen molar-refractivity contribution in [3.05, 3.63) is 35.4 Å². The minimum absolute atomic E-state index is 0.285. The van der Waals surface area contributed by atoms with Crippen molar-refractivity contribution < 1.29 is 20.1 Å². The van der Waals surface area contributed by atoms with Crippen LogP contribution in [-0.4, -0.2) is 52.9 Å². The third-order valence-corrected chi connectivity index (χ3v) is 3.56. The maximum absolute atomic E-state index is 9.78. The van der Waals surface area contributed by atoms with Crippen molar-refractivity contribution in [3.63, 3.8) is 0 Å². The van der Waals surface area contributed by atoms with Crippen LogP contribution in [-0.2, 0) is 11.3 Å². The van der Waals surface area contributed by atoms with Crippen molar-refractivity contribution in [2.75, 3.05) is 13.2 Å². The molecule has 1 saturated heterocycles. The van der Waals surface area contributed by atoms with Crippen LogP contribution in [0.15, 0.2) is 24.3 Å². The summed E-state index contributed by atoms with van der Waals surface area (Å²) in [5.41, 5.74) is 2.39. The molecule has 0 unspecified atom stereocenters. The van der Waals surface area contributed by atoms with Crippen molar-refractivity contribution in [1.82, 2.24) is 5.32 Å². The molecule has 2 rings (SSSR count). The summed E-state index contributed by atoms with van der Waals surface area (Å²) in [6.07, 6.45) is -3.16. The number of nitrogens with one attached hydrogen (secondary N) is 1. The Morgan fingerprint density at radius 3 is 2.47 bits per heavy atom. The third kappa shape index (κ3) is 3.32.